The largest absolute Gasteiger partial charge is 0.319 e. The number of rotatable bonds is 6. The van der Waals surface area contributed by atoms with E-state index in [0.717, 1.165) is 0 Å². The van der Waals surface area contributed by atoms with Gasteiger partial charge in [-0.3, -0.25) is 4.79 Å². The van der Waals surface area contributed by atoms with Gasteiger partial charge in [-0.25, -0.2) is 12.8 Å². The van der Waals surface area contributed by atoms with Gasteiger partial charge in [0.05, 0.1) is 10.6 Å². The zero-order chi connectivity index (χ0) is 17.7. The number of amides is 1. The summed E-state index contributed by atoms with van der Waals surface area (Å²) in [4.78, 5) is 12.3. The molecule has 0 saturated carbocycles. The number of anilines is 1. The van der Waals surface area contributed by atoms with Gasteiger partial charge in [0, 0.05) is 18.7 Å². The number of benzene rings is 2. The third kappa shape index (κ3) is 3.80. The van der Waals surface area contributed by atoms with E-state index in [4.69, 9.17) is 0 Å². The lowest BCUT2D eigenvalue weighted by molar-refractivity contribution is 0.102. The maximum atomic E-state index is 13.6. The molecule has 0 fully saturated rings. The molecule has 7 heteroatoms. The fourth-order valence-corrected chi connectivity index (χ4v) is 3.71. The number of carbonyl (C=O) groups is 1. The lowest BCUT2D eigenvalue weighted by atomic mass is 10.2. The van der Waals surface area contributed by atoms with Crippen LogP contribution >= 0.6 is 0 Å². The van der Waals surface area contributed by atoms with Crippen LogP contribution in [0, 0.1) is 5.82 Å². The van der Waals surface area contributed by atoms with Gasteiger partial charge >= 0.3 is 0 Å². The van der Waals surface area contributed by atoms with Gasteiger partial charge in [-0.2, -0.15) is 4.31 Å². The van der Waals surface area contributed by atoms with E-state index in [0.29, 0.717) is 13.1 Å². The number of sulfonamides is 1. The van der Waals surface area contributed by atoms with E-state index >= 15 is 0 Å². The summed E-state index contributed by atoms with van der Waals surface area (Å²) in [6.07, 6.45) is 0. The number of nitrogens with zero attached hydrogens (tertiary/aromatic N) is 1. The Morgan fingerprint density at radius 3 is 2.17 bits per heavy atom. The molecule has 0 aliphatic carbocycles. The molecule has 0 spiro atoms. The fourth-order valence-electron chi connectivity index (χ4n) is 2.25. The summed E-state index contributed by atoms with van der Waals surface area (Å²) in [5, 5.41) is 2.46. The van der Waals surface area contributed by atoms with Gasteiger partial charge in [0.1, 0.15) is 5.82 Å². The summed E-state index contributed by atoms with van der Waals surface area (Å²) in [5.74, 6) is -1.04. The first-order valence-electron chi connectivity index (χ1n) is 7.56. The molecule has 0 aliphatic rings. The molecule has 0 saturated heterocycles. The molecule has 0 heterocycles. The summed E-state index contributed by atoms with van der Waals surface area (Å²) in [7, 11) is -3.57. The van der Waals surface area contributed by atoms with Crippen molar-refractivity contribution < 1.29 is 17.6 Å². The topological polar surface area (TPSA) is 66.5 Å². The second-order valence-electron chi connectivity index (χ2n) is 5.05. The highest BCUT2D eigenvalue weighted by Gasteiger charge is 2.21. The SMILES string of the molecule is CCN(CC)S(=O)(=O)c1ccc(C(=O)Nc2ccccc2F)cc1. The van der Waals surface area contributed by atoms with Crippen molar-refractivity contribution in [2.45, 2.75) is 18.7 Å². The second kappa shape index (κ2) is 7.55. The molecule has 2 aromatic rings. The van der Waals surface area contributed by atoms with Gasteiger partial charge in [-0.1, -0.05) is 26.0 Å². The minimum Gasteiger partial charge on any atom is -0.319 e. The van der Waals surface area contributed by atoms with E-state index in [1.807, 2.05) is 0 Å². The van der Waals surface area contributed by atoms with Crippen LogP contribution in [0.5, 0.6) is 0 Å². The number of hydrogen-bond donors (Lipinski definition) is 1. The van der Waals surface area contributed by atoms with Gasteiger partial charge in [0.25, 0.3) is 5.91 Å². The van der Waals surface area contributed by atoms with Crippen LogP contribution in [0.4, 0.5) is 10.1 Å². The van der Waals surface area contributed by atoms with E-state index < -0.39 is 21.7 Å². The lowest BCUT2D eigenvalue weighted by Gasteiger charge is -2.18. The number of para-hydroxylation sites is 1. The maximum Gasteiger partial charge on any atom is 0.255 e. The highest BCUT2D eigenvalue weighted by molar-refractivity contribution is 7.89. The van der Waals surface area contributed by atoms with Crippen LogP contribution in [0.15, 0.2) is 53.4 Å². The Morgan fingerprint density at radius 2 is 1.62 bits per heavy atom. The van der Waals surface area contributed by atoms with Crippen LogP contribution < -0.4 is 5.32 Å². The van der Waals surface area contributed by atoms with Gasteiger partial charge in [0.2, 0.25) is 10.0 Å². The van der Waals surface area contributed by atoms with Crippen LogP contribution in [0.1, 0.15) is 24.2 Å². The molecular weight excluding hydrogens is 331 g/mol. The molecule has 128 valence electrons. The van der Waals surface area contributed by atoms with Crippen molar-refractivity contribution >= 4 is 21.6 Å². The quantitative estimate of drug-likeness (QED) is 0.870. The molecular formula is C17H19FN2O3S. The van der Waals surface area contributed by atoms with Crippen LogP contribution in [0.25, 0.3) is 0 Å². The van der Waals surface area contributed by atoms with Gasteiger partial charge in [-0.05, 0) is 36.4 Å². The number of nitrogens with one attached hydrogen (secondary N) is 1. The lowest BCUT2D eigenvalue weighted by Crippen LogP contribution is -2.30. The first-order valence-corrected chi connectivity index (χ1v) is 9.00. The highest BCUT2D eigenvalue weighted by Crippen LogP contribution is 2.18. The average molecular weight is 350 g/mol. The molecule has 2 rings (SSSR count). The summed E-state index contributed by atoms with van der Waals surface area (Å²) in [5.41, 5.74) is 0.319. The minimum atomic E-state index is -3.57. The molecule has 0 radical (unpaired) electrons. The summed E-state index contributed by atoms with van der Waals surface area (Å²) in [6.45, 7) is 4.26. The van der Waals surface area contributed by atoms with E-state index in [1.165, 1.54) is 46.8 Å². The van der Waals surface area contributed by atoms with Crippen LogP contribution in [0.3, 0.4) is 0 Å². The summed E-state index contributed by atoms with van der Waals surface area (Å²) < 4.78 is 39.7. The zero-order valence-corrected chi connectivity index (χ0v) is 14.3. The normalized spacial score (nSPS) is 11.5. The van der Waals surface area contributed by atoms with Crippen molar-refractivity contribution in [2.24, 2.45) is 0 Å². The van der Waals surface area contributed by atoms with Crippen molar-refractivity contribution in [3.8, 4) is 0 Å². The fraction of sp³-hybridized carbons (Fsp3) is 0.235. The Bertz CT molecular complexity index is 816. The van der Waals surface area contributed by atoms with Gasteiger partial charge in [0.15, 0.2) is 0 Å². The van der Waals surface area contributed by atoms with Crippen molar-refractivity contribution in [3.05, 3.63) is 59.9 Å². The van der Waals surface area contributed by atoms with Crippen molar-refractivity contribution in [1.29, 1.82) is 0 Å². The molecule has 0 atom stereocenters. The molecule has 5 nitrogen and oxygen atoms in total. The molecule has 0 aliphatic heterocycles. The zero-order valence-electron chi connectivity index (χ0n) is 13.5. The molecule has 24 heavy (non-hydrogen) atoms. The Labute approximate surface area is 141 Å². The summed E-state index contributed by atoms with van der Waals surface area (Å²) >= 11 is 0. The molecule has 1 N–H and O–H groups in total. The maximum absolute atomic E-state index is 13.6. The Hall–Kier alpha value is -2.25. The standard InChI is InChI=1S/C17H19FN2O3S/c1-3-20(4-2)24(22,23)14-11-9-13(10-12-14)17(21)19-16-8-6-5-7-15(16)18/h5-12H,3-4H2,1-2H3,(H,19,21). The van der Waals surface area contributed by atoms with E-state index in [9.17, 15) is 17.6 Å². The molecule has 0 bridgehead atoms. The Balaban J connectivity index is 2.20. The first-order chi connectivity index (χ1) is 11.4. The first kappa shape index (κ1) is 18.1. The predicted molar refractivity (Wildman–Crippen MR) is 90.9 cm³/mol. The van der Waals surface area contributed by atoms with Crippen LogP contribution in [0.2, 0.25) is 0 Å². The minimum absolute atomic E-state index is 0.0716. The van der Waals surface area contributed by atoms with Crippen LogP contribution in [-0.4, -0.2) is 31.7 Å². The smallest absolute Gasteiger partial charge is 0.255 e. The molecule has 2 aromatic carbocycles. The second-order valence-corrected chi connectivity index (χ2v) is 6.99. The van der Waals surface area contributed by atoms with E-state index in [2.05, 4.69) is 5.32 Å². The van der Waals surface area contributed by atoms with Crippen molar-refractivity contribution in [1.82, 2.24) is 4.31 Å². The number of hydrogen-bond acceptors (Lipinski definition) is 3. The van der Waals surface area contributed by atoms with Crippen molar-refractivity contribution in [3.63, 3.8) is 0 Å². The Morgan fingerprint density at radius 1 is 1.04 bits per heavy atom. The molecule has 0 unspecified atom stereocenters. The molecule has 0 aromatic heterocycles. The van der Waals surface area contributed by atoms with E-state index in [-0.39, 0.29) is 16.1 Å². The highest BCUT2D eigenvalue weighted by atomic mass is 32.2. The predicted octanol–water partition coefficient (Wildman–Crippen LogP) is 3.11. The monoisotopic (exact) mass is 350 g/mol. The van der Waals surface area contributed by atoms with E-state index in [1.54, 1.807) is 19.9 Å². The van der Waals surface area contributed by atoms with Crippen LogP contribution in [-0.2, 0) is 10.0 Å². The molecule has 1 amide bonds. The number of carbonyl (C=O) groups excluding carboxylic acids is 1. The van der Waals surface area contributed by atoms with Crippen molar-refractivity contribution in [2.75, 3.05) is 18.4 Å². The third-order valence-corrected chi connectivity index (χ3v) is 5.65. The number of halogens is 1. The Kier molecular flexibility index (Phi) is 5.69. The third-order valence-electron chi connectivity index (χ3n) is 3.58. The van der Waals surface area contributed by atoms with Gasteiger partial charge in [-0.15, -0.1) is 0 Å². The average Bonchev–Trinajstić information content (AvgIpc) is 2.58. The van der Waals surface area contributed by atoms with Gasteiger partial charge < -0.3 is 5.32 Å². The summed E-state index contributed by atoms with van der Waals surface area (Å²) in [6, 6.07) is 11.4.